The molecule has 2 rings (SSSR count). The summed E-state index contributed by atoms with van der Waals surface area (Å²) in [6, 6.07) is 12.0. The van der Waals surface area contributed by atoms with E-state index >= 15 is 4.39 Å². The molecule has 0 aromatic heterocycles. The van der Waals surface area contributed by atoms with Crippen molar-refractivity contribution in [3.8, 4) is 0 Å². The maximum Gasteiger partial charge on any atom is 0.138 e. The smallest absolute Gasteiger partial charge is 0.138 e. The molecule has 0 nitrogen and oxygen atoms in total. The third-order valence-corrected chi connectivity index (χ3v) is 4.80. The predicted octanol–water partition coefficient (Wildman–Crippen LogP) is 7.14. The largest absolute Gasteiger partial charge is 0.206 e. The zero-order valence-corrected chi connectivity index (χ0v) is 15.9. The predicted molar refractivity (Wildman–Crippen MR) is 108 cm³/mol. The highest BCUT2D eigenvalue weighted by atomic mass is 19.1. The van der Waals surface area contributed by atoms with E-state index in [0.717, 1.165) is 28.7 Å². The molecule has 0 atom stereocenters. The van der Waals surface area contributed by atoms with E-state index in [1.54, 1.807) is 0 Å². The summed E-state index contributed by atoms with van der Waals surface area (Å²) in [6.07, 6.45) is 4.67. The molecule has 0 aliphatic rings. The third kappa shape index (κ3) is 3.99. The second-order valence-electron chi connectivity index (χ2n) is 6.45. The summed E-state index contributed by atoms with van der Waals surface area (Å²) < 4.78 is 15.4. The molecule has 0 aliphatic carbocycles. The van der Waals surface area contributed by atoms with Crippen molar-refractivity contribution in [2.24, 2.45) is 0 Å². The molecule has 0 saturated carbocycles. The molecular formula is C24H27F. The Kier molecular flexibility index (Phi) is 6.14. The minimum Gasteiger partial charge on any atom is -0.206 e. The Morgan fingerprint density at radius 3 is 2.40 bits per heavy atom. The number of allylic oxidation sites excluding steroid dienone is 5. The van der Waals surface area contributed by atoms with Gasteiger partial charge in [0.1, 0.15) is 5.83 Å². The maximum absolute atomic E-state index is 15.4. The lowest BCUT2D eigenvalue weighted by molar-refractivity contribution is 0.678. The van der Waals surface area contributed by atoms with E-state index in [-0.39, 0.29) is 5.83 Å². The fourth-order valence-corrected chi connectivity index (χ4v) is 3.06. The summed E-state index contributed by atoms with van der Waals surface area (Å²) in [4.78, 5) is 0. The zero-order chi connectivity index (χ0) is 18.6. The highest BCUT2D eigenvalue weighted by Crippen LogP contribution is 2.33. The normalized spacial score (nSPS) is 12.4. The average Bonchev–Trinajstić information content (AvgIpc) is 2.61. The summed E-state index contributed by atoms with van der Waals surface area (Å²) >= 11 is 0. The van der Waals surface area contributed by atoms with Crippen LogP contribution in [0.4, 0.5) is 4.39 Å². The van der Waals surface area contributed by atoms with Crippen LogP contribution < -0.4 is 0 Å². The van der Waals surface area contributed by atoms with Gasteiger partial charge in [0.25, 0.3) is 0 Å². The molecule has 0 bridgehead atoms. The first kappa shape index (κ1) is 18.9. The topological polar surface area (TPSA) is 0 Å². The summed E-state index contributed by atoms with van der Waals surface area (Å²) in [6.45, 7) is 14.2. The molecule has 130 valence electrons. The zero-order valence-electron chi connectivity index (χ0n) is 15.9. The van der Waals surface area contributed by atoms with Crippen molar-refractivity contribution in [3.63, 3.8) is 0 Å². The molecule has 2 aromatic carbocycles. The Labute approximate surface area is 151 Å². The van der Waals surface area contributed by atoms with Gasteiger partial charge in [0, 0.05) is 11.1 Å². The summed E-state index contributed by atoms with van der Waals surface area (Å²) in [5.41, 5.74) is 7.47. The minimum atomic E-state index is -0.268. The fourth-order valence-electron chi connectivity index (χ4n) is 3.06. The molecule has 2 aromatic rings. The quantitative estimate of drug-likeness (QED) is 0.509. The van der Waals surface area contributed by atoms with E-state index in [1.807, 2.05) is 63.3 Å². The number of hydrogen-bond acceptors (Lipinski definition) is 0. The van der Waals surface area contributed by atoms with E-state index < -0.39 is 0 Å². The van der Waals surface area contributed by atoms with Crippen LogP contribution in [0.15, 0.2) is 61.0 Å². The van der Waals surface area contributed by atoms with Gasteiger partial charge in [-0.25, -0.2) is 4.39 Å². The highest BCUT2D eigenvalue weighted by molar-refractivity contribution is 5.90. The standard InChI is InChI=1S/C24H27F/c1-7-10-23(22-12-9-11-16(3)18(22)5)24(25)19(6)21-14-13-20(8-2)17(4)15-21/h7,9-15H,6,8H2,1-5H3/b10-7-,24-23-. The first-order chi connectivity index (χ1) is 11.9. The first-order valence-electron chi connectivity index (χ1n) is 8.78. The number of aryl methyl sites for hydroxylation is 3. The first-order valence-corrected chi connectivity index (χ1v) is 8.78. The van der Waals surface area contributed by atoms with Crippen molar-refractivity contribution in [2.45, 2.75) is 41.0 Å². The van der Waals surface area contributed by atoms with Crippen LogP contribution in [0.1, 0.15) is 47.2 Å². The Bertz CT molecular complexity index is 850. The molecule has 0 radical (unpaired) electrons. The van der Waals surface area contributed by atoms with E-state index in [9.17, 15) is 0 Å². The van der Waals surface area contributed by atoms with Crippen molar-refractivity contribution in [2.75, 3.05) is 0 Å². The Morgan fingerprint density at radius 1 is 1.08 bits per heavy atom. The molecule has 25 heavy (non-hydrogen) atoms. The number of benzene rings is 2. The fraction of sp³-hybridized carbons (Fsp3) is 0.250. The van der Waals surface area contributed by atoms with Crippen LogP contribution in [0.3, 0.4) is 0 Å². The molecule has 0 spiro atoms. The monoisotopic (exact) mass is 334 g/mol. The van der Waals surface area contributed by atoms with Gasteiger partial charge < -0.3 is 0 Å². The molecule has 0 heterocycles. The minimum absolute atomic E-state index is 0.268. The van der Waals surface area contributed by atoms with Gasteiger partial charge in [0.05, 0.1) is 0 Å². The Hall–Kier alpha value is -2.41. The highest BCUT2D eigenvalue weighted by Gasteiger charge is 2.15. The molecule has 0 N–H and O–H groups in total. The van der Waals surface area contributed by atoms with Crippen LogP contribution in [-0.2, 0) is 6.42 Å². The lowest BCUT2D eigenvalue weighted by Gasteiger charge is -2.14. The van der Waals surface area contributed by atoms with Gasteiger partial charge in [-0.3, -0.25) is 0 Å². The van der Waals surface area contributed by atoms with Gasteiger partial charge in [-0.2, -0.15) is 0 Å². The summed E-state index contributed by atoms with van der Waals surface area (Å²) in [5, 5.41) is 0. The second kappa shape index (κ2) is 8.11. The van der Waals surface area contributed by atoms with E-state index in [0.29, 0.717) is 11.1 Å². The van der Waals surface area contributed by atoms with Crippen LogP contribution in [0.25, 0.3) is 11.1 Å². The molecule has 0 aliphatic heterocycles. The van der Waals surface area contributed by atoms with Crippen molar-refractivity contribution in [3.05, 3.63) is 94.3 Å². The number of halogens is 1. The van der Waals surface area contributed by atoms with Crippen LogP contribution in [0, 0.1) is 20.8 Å². The van der Waals surface area contributed by atoms with Crippen LogP contribution in [0.5, 0.6) is 0 Å². The molecule has 1 heteroatoms. The number of hydrogen-bond donors (Lipinski definition) is 0. The van der Waals surface area contributed by atoms with Crippen molar-refractivity contribution in [1.29, 1.82) is 0 Å². The molecular weight excluding hydrogens is 307 g/mol. The molecule has 0 fully saturated rings. The van der Waals surface area contributed by atoms with Crippen molar-refractivity contribution >= 4 is 11.1 Å². The van der Waals surface area contributed by atoms with Gasteiger partial charge in [-0.15, -0.1) is 0 Å². The van der Waals surface area contributed by atoms with Crippen molar-refractivity contribution in [1.82, 2.24) is 0 Å². The van der Waals surface area contributed by atoms with Crippen LogP contribution in [0.2, 0.25) is 0 Å². The molecule has 0 amide bonds. The Balaban J connectivity index is 2.58. The van der Waals surface area contributed by atoms with Gasteiger partial charge in [0.15, 0.2) is 0 Å². The van der Waals surface area contributed by atoms with Gasteiger partial charge in [0.2, 0.25) is 0 Å². The lowest BCUT2D eigenvalue weighted by Crippen LogP contribution is -1.95. The van der Waals surface area contributed by atoms with E-state index in [2.05, 4.69) is 26.5 Å². The summed E-state index contributed by atoms with van der Waals surface area (Å²) in [5.74, 6) is -0.268. The average molecular weight is 334 g/mol. The Morgan fingerprint density at radius 2 is 1.80 bits per heavy atom. The third-order valence-electron chi connectivity index (χ3n) is 4.80. The summed E-state index contributed by atoms with van der Waals surface area (Å²) in [7, 11) is 0. The second-order valence-corrected chi connectivity index (χ2v) is 6.45. The maximum atomic E-state index is 15.4. The van der Waals surface area contributed by atoms with Crippen molar-refractivity contribution < 1.29 is 4.39 Å². The molecule has 0 saturated heterocycles. The van der Waals surface area contributed by atoms with Crippen LogP contribution in [-0.4, -0.2) is 0 Å². The van der Waals surface area contributed by atoms with Gasteiger partial charge in [-0.1, -0.05) is 62.1 Å². The van der Waals surface area contributed by atoms with Gasteiger partial charge >= 0.3 is 0 Å². The molecule has 0 unspecified atom stereocenters. The number of rotatable bonds is 5. The van der Waals surface area contributed by atoms with E-state index in [1.165, 1.54) is 11.1 Å². The van der Waals surface area contributed by atoms with Gasteiger partial charge in [-0.05, 0) is 67.5 Å². The van der Waals surface area contributed by atoms with E-state index in [4.69, 9.17) is 0 Å². The van der Waals surface area contributed by atoms with Crippen LogP contribution >= 0.6 is 0 Å². The lowest BCUT2D eigenvalue weighted by atomic mass is 9.92. The SMILES string of the molecule is C=C(/C(F)=C(\C=C/C)c1cccc(C)c1C)c1ccc(CC)c(C)c1.